The van der Waals surface area contributed by atoms with Crippen LogP contribution in [0.3, 0.4) is 0 Å². The van der Waals surface area contributed by atoms with Gasteiger partial charge in [-0.15, -0.1) is 0 Å². The number of rotatable bonds is 16. The summed E-state index contributed by atoms with van der Waals surface area (Å²) in [6, 6.07) is 40.9. The van der Waals surface area contributed by atoms with Crippen molar-refractivity contribution in [1.82, 2.24) is 44.6 Å². The number of primary sulfonamides is 1. The molecule has 0 atom stereocenters. The van der Waals surface area contributed by atoms with Gasteiger partial charge in [0.2, 0.25) is 10.0 Å². The smallest absolute Gasteiger partial charge is 0.252 e. The van der Waals surface area contributed by atoms with E-state index in [1.165, 1.54) is 12.4 Å². The van der Waals surface area contributed by atoms with Gasteiger partial charge in [-0.3, -0.25) is 9.97 Å². The van der Waals surface area contributed by atoms with E-state index in [0.717, 1.165) is 72.7 Å². The van der Waals surface area contributed by atoms with Crippen LogP contribution in [-0.2, 0) is 39.6 Å². The maximum absolute atomic E-state index is 14.1. The lowest BCUT2D eigenvalue weighted by Gasteiger charge is -2.25. The second-order valence-corrected chi connectivity index (χ2v) is 22.5. The van der Waals surface area contributed by atoms with Gasteiger partial charge >= 0.3 is 0 Å². The van der Waals surface area contributed by atoms with E-state index in [2.05, 4.69) is 35.3 Å². The van der Waals surface area contributed by atoms with Crippen molar-refractivity contribution in [2.45, 2.75) is 47.3 Å². The van der Waals surface area contributed by atoms with Gasteiger partial charge in [-0.25, -0.2) is 56.6 Å². The molecule has 10 rings (SSSR count). The summed E-state index contributed by atoms with van der Waals surface area (Å²) in [4.78, 5) is 37.2. The summed E-state index contributed by atoms with van der Waals surface area (Å²) in [5.74, 6) is 1.60. The van der Waals surface area contributed by atoms with Crippen molar-refractivity contribution in [3.63, 3.8) is 0 Å². The van der Waals surface area contributed by atoms with E-state index in [-0.39, 0.29) is 14.2 Å². The third kappa shape index (κ3) is 10.1. The molecule has 0 amide bonds. The molecule has 0 saturated carbocycles. The van der Waals surface area contributed by atoms with E-state index in [4.69, 9.17) is 25.1 Å². The van der Waals surface area contributed by atoms with Crippen molar-refractivity contribution in [3.05, 3.63) is 169 Å². The number of hydrogen-bond donors (Lipinski definition) is 4. The van der Waals surface area contributed by atoms with Crippen LogP contribution in [0, 0.1) is 0 Å². The van der Waals surface area contributed by atoms with E-state index in [1.807, 2.05) is 141 Å². The maximum atomic E-state index is 14.1. The SMILES string of the molecule is CC(C)(Cc1ccc(-c2cccc3nc(-c4ncc(S(N)(=O)=O)s4)nc(NCc4ccccn4)c23)cc1)NS(=O)(=O)c1cnc(-c2nc(NCc3ccccn3)c3c(-c4ccccc4)cccc3n2)s1. The Bertz CT molecular complexity index is 3750. The predicted molar refractivity (Wildman–Crippen MR) is 275 cm³/mol. The van der Waals surface area contributed by atoms with Gasteiger partial charge in [-0.2, -0.15) is 0 Å². The number of benzene rings is 4. The Hall–Kier alpha value is -7.46. The Morgan fingerprint density at radius 2 is 1.04 bits per heavy atom. The fourth-order valence-corrected chi connectivity index (χ4v) is 12.0. The van der Waals surface area contributed by atoms with Crippen molar-refractivity contribution in [2.24, 2.45) is 5.14 Å². The van der Waals surface area contributed by atoms with Gasteiger partial charge in [-0.1, -0.05) is 114 Å². The average Bonchev–Trinajstić information content (AvgIpc) is 4.08. The zero-order valence-corrected chi connectivity index (χ0v) is 40.7. The quantitative estimate of drug-likeness (QED) is 0.0707. The van der Waals surface area contributed by atoms with E-state index in [0.29, 0.717) is 58.0 Å². The van der Waals surface area contributed by atoms with E-state index in [1.54, 1.807) is 12.4 Å². The molecule has 70 heavy (non-hydrogen) atoms. The number of nitrogens with zero attached hydrogens (tertiary/aromatic N) is 8. The lowest BCUT2D eigenvalue weighted by Crippen LogP contribution is -2.44. The summed E-state index contributed by atoms with van der Waals surface area (Å²) in [6.07, 6.45) is 6.37. The summed E-state index contributed by atoms with van der Waals surface area (Å²) >= 11 is 1.89. The second kappa shape index (κ2) is 19.1. The van der Waals surface area contributed by atoms with Crippen molar-refractivity contribution >= 4 is 76.2 Å². The monoisotopic (exact) mass is 1000 g/mol. The molecule has 20 heteroatoms. The third-order valence-corrected chi connectivity index (χ3v) is 16.6. The summed E-state index contributed by atoms with van der Waals surface area (Å²) in [7, 11) is -8.01. The van der Waals surface area contributed by atoms with Crippen LogP contribution >= 0.6 is 22.7 Å². The molecule has 350 valence electrons. The van der Waals surface area contributed by atoms with Gasteiger partial charge in [0, 0.05) is 17.9 Å². The van der Waals surface area contributed by atoms with Crippen LogP contribution in [-0.4, -0.2) is 62.2 Å². The van der Waals surface area contributed by atoms with Crippen LogP contribution in [0.15, 0.2) is 161 Å². The molecule has 5 N–H and O–H groups in total. The lowest BCUT2D eigenvalue weighted by molar-refractivity contribution is 0.451. The molecule has 0 aliphatic carbocycles. The highest BCUT2D eigenvalue weighted by Gasteiger charge is 2.29. The van der Waals surface area contributed by atoms with Crippen molar-refractivity contribution in [2.75, 3.05) is 10.6 Å². The number of fused-ring (bicyclic) bond motifs is 2. The molecule has 10 aromatic rings. The van der Waals surface area contributed by atoms with Gasteiger partial charge in [0.15, 0.2) is 30.1 Å². The van der Waals surface area contributed by atoms with Gasteiger partial charge in [-0.05, 0) is 84.5 Å². The first-order valence-corrected chi connectivity index (χ1v) is 26.5. The molecule has 6 aromatic heterocycles. The van der Waals surface area contributed by atoms with Crippen LogP contribution in [0.5, 0.6) is 0 Å². The lowest BCUT2D eigenvalue weighted by atomic mass is 9.94. The Kier molecular flexibility index (Phi) is 12.7. The zero-order valence-electron chi connectivity index (χ0n) is 37.5. The Morgan fingerprint density at radius 1 is 0.543 bits per heavy atom. The third-order valence-electron chi connectivity index (χ3n) is 11.1. The minimum absolute atomic E-state index is 0.0316. The van der Waals surface area contributed by atoms with E-state index in [9.17, 15) is 16.8 Å². The predicted octanol–water partition coefficient (Wildman–Crippen LogP) is 9.12. The number of hydrogen-bond acceptors (Lipinski definition) is 16. The maximum Gasteiger partial charge on any atom is 0.252 e. The molecule has 0 saturated heterocycles. The van der Waals surface area contributed by atoms with Crippen molar-refractivity contribution < 1.29 is 16.8 Å². The average molecular weight is 1000 g/mol. The number of aromatic nitrogens is 8. The Morgan fingerprint density at radius 3 is 1.54 bits per heavy atom. The Labute approximate surface area is 411 Å². The summed E-state index contributed by atoms with van der Waals surface area (Å²) in [6.45, 7) is 4.43. The van der Waals surface area contributed by atoms with Crippen LogP contribution in [0.4, 0.5) is 11.6 Å². The van der Waals surface area contributed by atoms with Crippen LogP contribution in [0.25, 0.3) is 65.7 Å². The van der Waals surface area contributed by atoms with Crippen molar-refractivity contribution in [1.29, 1.82) is 0 Å². The molecule has 16 nitrogen and oxygen atoms in total. The second-order valence-electron chi connectivity index (χ2n) is 16.8. The largest absolute Gasteiger partial charge is 0.364 e. The molecule has 0 bridgehead atoms. The number of anilines is 2. The highest BCUT2D eigenvalue weighted by molar-refractivity contribution is 7.91. The molecular weight excluding hydrogens is 961 g/mol. The molecule has 4 aromatic carbocycles. The van der Waals surface area contributed by atoms with Gasteiger partial charge < -0.3 is 10.6 Å². The molecule has 0 fully saturated rings. The highest BCUT2D eigenvalue weighted by Crippen LogP contribution is 2.38. The van der Waals surface area contributed by atoms with E-state index < -0.39 is 25.6 Å². The summed E-state index contributed by atoms with van der Waals surface area (Å²) in [5, 5.41) is 14.5. The zero-order chi connectivity index (χ0) is 48.5. The van der Waals surface area contributed by atoms with Gasteiger partial charge in [0.1, 0.15) is 11.6 Å². The highest BCUT2D eigenvalue weighted by atomic mass is 32.3. The summed E-state index contributed by atoms with van der Waals surface area (Å²) in [5.41, 5.74) is 6.54. The standard InChI is InChI=1S/C50H42N12O4S4/c1-50(2,62-70(65,66)41-30-57-49(68-41)47-59-38-18-10-16-36(32-12-4-3-5-13-32)42(38)44(61-47)54-27-34-14-6-8-24-52-34)26-31-20-22-33(23-21-31)37-17-11-19-39-43(37)45(55-28-35-15-7-9-25-53-35)60-46(58-39)48-56-29-40(67-48)69(51,63)64/h3-25,29-30,62H,26-28H2,1-2H3,(H2,51,63,64)(H,54,59,61)(H,55,58,60). The topological polar surface area (TPSA) is 234 Å². The molecule has 0 spiro atoms. The number of nitrogens with one attached hydrogen (secondary N) is 3. The molecular formula is C50H42N12O4S4. The molecule has 0 aliphatic heterocycles. The van der Waals surface area contributed by atoms with Crippen molar-refractivity contribution in [3.8, 4) is 43.9 Å². The first kappa shape index (κ1) is 46.3. The molecule has 0 radical (unpaired) electrons. The fourth-order valence-electron chi connectivity index (χ4n) is 8.01. The summed E-state index contributed by atoms with van der Waals surface area (Å²) < 4.78 is 55.1. The minimum atomic E-state index is -4.04. The van der Waals surface area contributed by atoms with Gasteiger partial charge in [0.05, 0.1) is 58.7 Å². The first-order chi connectivity index (χ1) is 33.8. The fraction of sp³-hybridized carbons (Fsp3) is 0.120. The normalized spacial score (nSPS) is 12.1. The van der Waals surface area contributed by atoms with Crippen LogP contribution < -0.4 is 20.5 Å². The number of sulfonamides is 2. The molecule has 0 unspecified atom stereocenters. The van der Waals surface area contributed by atoms with Crippen LogP contribution in [0.2, 0.25) is 0 Å². The number of thiazole rings is 2. The first-order valence-electron chi connectivity index (χ1n) is 21.8. The van der Waals surface area contributed by atoms with Crippen LogP contribution in [0.1, 0.15) is 30.8 Å². The molecule has 0 aliphatic rings. The van der Waals surface area contributed by atoms with Gasteiger partial charge in [0.25, 0.3) is 10.0 Å². The number of pyridine rings is 2. The molecule has 6 heterocycles. The Balaban J connectivity index is 0.898. The van der Waals surface area contributed by atoms with E-state index >= 15 is 0 Å². The minimum Gasteiger partial charge on any atom is -0.364 e. The number of nitrogens with two attached hydrogens (primary N) is 1.